The zero-order valence-corrected chi connectivity index (χ0v) is 14.1. The van der Waals surface area contributed by atoms with Gasteiger partial charge in [0.25, 0.3) is 0 Å². The molecule has 1 aromatic heterocycles. The minimum atomic E-state index is 0.261. The van der Waals surface area contributed by atoms with E-state index >= 15 is 0 Å². The maximum Gasteiger partial charge on any atom is 0.130 e. The number of halogens is 1. The molecule has 0 aliphatic carbocycles. The molecule has 1 fully saturated rings. The summed E-state index contributed by atoms with van der Waals surface area (Å²) in [6.45, 7) is 6.14. The molecule has 0 bridgehead atoms. The van der Waals surface area contributed by atoms with Crippen molar-refractivity contribution < 1.29 is 4.74 Å². The monoisotopic (exact) mass is 319 g/mol. The van der Waals surface area contributed by atoms with Crippen LogP contribution in [0.5, 0.6) is 5.75 Å². The molecule has 5 heteroatoms. The zero-order valence-electron chi connectivity index (χ0n) is 13.3. The Morgan fingerprint density at radius 3 is 2.59 bits per heavy atom. The summed E-state index contributed by atoms with van der Waals surface area (Å²) in [5.41, 5.74) is 4.30. The van der Waals surface area contributed by atoms with Crippen LogP contribution in [0, 0.1) is 13.8 Å². The van der Waals surface area contributed by atoms with Gasteiger partial charge in [-0.15, -0.1) is 0 Å². The van der Waals surface area contributed by atoms with E-state index in [-0.39, 0.29) is 6.10 Å². The number of nitrogens with zero attached hydrogens (tertiary/aromatic N) is 2. The first kappa shape index (κ1) is 15.4. The van der Waals surface area contributed by atoms with Crippen LogP contribution in [0.25, 0.3) is 11.1 Å². The van der Waals surface area contributed by atoms with Gasteiger partial charge in [-0.1, -0.05) is 11.6 Å². The Balaban J connectivity index is 2.02. The Bertz CT molecular complexity index is 675. The van der Waals surface area contributed by atoms with Gasteiger partial charge in [-0.25, -0.2) is 0 Å². The smallest absolute Gasteiger partial charge is 0.130 e. The van der Waals surface area contributed by atoms with Gasteiger partial charge in [-0.3, -0.25) is 4.68 Å². The van der Waals surface area contributed by atoms with Gasteiger partial charge in [0.1, 0.15) is 11.9 Å². The highest BCUT2D eigenvalue weighted by Gasteiger charge is 2.20. The standard InChI is InChI=1S/C17H22ClN3O/c1-11-8-13(18)9-15(16-10-20-21(3)12(16)2)17(11)22-14-4-6-19-7-5-14/h8-10,14,19H,4-7H2,1-3H3. The highest BCUT2D eigenvalue weighted by molar-refractivity contribution is 6.31. The Kier molecular flexibility index (Phi) is 4.41. The summed E-state index contributed by atoms with van der Waals surface area (Å²) < 4.78 is 8.23. The molecule has 118 valence electrons. The molecule has 2 aromatic rings. The van der Waals surface area contributed by atoms with Gasteiger partial charge >= 0.3 is 0 Å². The molecule has 0 spiro atoms. The highest BCUT2D eigenvalue weighted by Crippen LogP contribution is 2.38. The van der Waals surface area contributed by atoms with Gasteiger partial charge in [0.2, 0.25) is 0 Å². The average molecular weight is 320 g/mol. The summed E-state index contributed by atoms with van der Waals surface area (Å²) in [7, 11) is 1.95. The molecule has 1 saturated heterocycles. The van der Waals surface area contributed by atoms with Crippen molar-refractivity contribution in [1.82, 2.24) is 15.1 Å². The third-order valence-electron chi connectivity index (χ3n) is 4.34. The fraction of sp³-hybridized carbons (Fsp3) is 0.471. The average Bonchev–Trinajstić information content (AvgIpc) is 2.83. The van der Waals surface area contributed by atoms with E-state index in [1.807, 2.05) is 30.1 Å². The summed E-state index contributed by atoms with van der Waals surface area (Å²) in [6, 6.07) is 3.95. The van der Waals surface area contributed by atoms with Gasteiger partial charge in [-0.2, -0.15) is 5.10 Å². The molecule has 22 heavy (non-hydrogen) atoms. The lowest BCUT2D eigenvalue weighted by Gasteiger charge is -2.26. The third-order valence-corrected chi connectivity index (χ3v) is 4.55. The maximum absolute atomic E-state index is 6.36. The second-order valence-electron chi connectivity index (χ2n) is 5.93. The molecule has 1 aliphatic rings. The lowest BCUT2D eigenvalue weighted by Crippen LogP contribution is -2.34. The predicted molar refractivity (Wildman–Crippen MR) is 89.6 cm³/mol. The number of ether oxygens (including phenoxy) is 1. The maximum atomic E-state index is 6.36. The Morgan fingerprint density at radius 2 is 1.95 bits per heavy atom. The van der Waals surface area contributed by atoms with E-state index in [4.69, 9.17) is 16.3 Å². The first-order chi connectivity index (χ1) is 10.6. The lowest BCUT2D eigenvalue weighted by molar-refractivity contribution is 0.162. The number of hydrogen-bond donors (Lipinski definition) is 1. The SMILES string of the molecule is Cc1cc(Cl)cc(-c2cnn(C)c2C)c1OC1CCNCC1. The van der Waals surface area contributed by atoms with E-state index in [2.05, 4.69) is 24.3 Å². The second kappa shape index (κ2) is 6.31. The van der Waals surface area contributed by atoms with Crippen LogP contribution in [0.3, 0.4) is 0 Å². The molecule has 2 heterocycles. The normalized spacial score (nSPS) is 16.0. The number of piperidine rings is 1. The molecule has 0 saturated carbocycles. The van der Waals surface area contributed by atoms with Crippen molar-refractivity contribution in [3.63, 3.8) is 0 Å². The van der Waals surface area contributed by atoms with Crippen LogP contribution < -0.4 is 10.1 Å². The zero-order chi connectivity index (χ0) is 15.7. The van der Waals surface area contributed by atoms with E-state index < -0.39 is 0 Å². The molecule has 0 amide bonds. The van der Waals surface area contributed by atoms with Crippen LogP contribution in [0.4, 0.5) is 0 Å². The van der Waals surface area contributed by atoms with Gasteiger partial charge in [0.15, 0.2) is 0 Å². The van der Waals surface area contributed by atoms with Crippen molar-refractivity contribution >= 4 is 11.6 Å². The number of hydrogen-bond acceptors (Lipinski definition) is 3. The van der Waals surface area contributed by atoms with Crippen molar-refractivity contribution in [3.05, 3.63) is 34.6 Å². The molecule has 1 aromatic carbocycles. The lowest BCUT2D eigenvalue weighted by atomic mass is 10.0. The van der Waals surface area contributed by atoms with Gasteiger partial charge in [0, 0.05) is 28.9 Å². The Labute approximate surface area is 136 Å². The summed E-state index contributed by atoms with van der Waals surface area (Å²) in [4.78, 5) is 0. The summed E-state index contributed by atoms with van der Waals surface area (Å²) in [5, 5.41) is 8.45. The van der Waals surface area contributed by atoms with Crippen LogP contribution >= 0.6 is 11.6 Å². The van der Waals surface area contributed by atoms with Gasteiger partial charge in [0.05, 0.1) is 6.20 Å². The fourth-order valence-electron chi connectivity index (χ4n) is 2.93. The summed E-state index contributed by atoms with van der Waals surface area (Å²) in [6.07, 6.45) is 4.22. The summed E-state index contributed by atoms with van der Waals surface area (Å²) in [5.74, 6) is 0.937. The van der Waals surface area contributed by atoms with Crippen molar-refractivity contribution in [1.29, 1.82) is 0 Å². The fourth-order valence-corrected chi connectivity index (χ4v) is 3.20. The number of benzene rings is 1. The van der Waals surface area contributed by atoms with Crippen LogP contribution in [-0.2, 0) is 7.05 Å². The third kappa shape index (κ3) is 2.99. The van der Waals surface area contributed by atoms with Crippen molar-refractivity contribution in [2.45, 2.75) is 32.8 Å². The molecule has 0 unspecified atom stereocenters. The predicted octanol–water partition coefficient (Wildman–Crippen LogP) is 3.49. The Morgan fingerprint density at radius 1 is 1.23 bits per heavy atom. The largest absolute Gasteiger partial charge is 0.489 e. The van der Waals surface area contributed by atoms with E-state index in [1.165, 1.54) is 0 Å². The number of rotatable bonds is 3. The minimum absolute atomic E-state index is 0.261. The number of nitrogens with one attached hydrogen (secondary N) is 1. The van der Waals surface area contributed by atoms with Crippen molar-refractivity contribution in [2.24, 2.45) is 7.05 Å². The topological polar surface area (TPSA) is 39.1 Å². The van der Waals surface area contributed by atoms with Crippen LogP contribution in [0.2, 0.25) is 5.02 Å². The van der Waals surface area contributed by atoms with Crippen molar-refractivity contribution in [3.8, 4) is 16.9 Å². The van der Waals surface area contributed by atoms with E-state index in [9.17, 15) is 0 Å². The van der Waals surface area contributed by atoms with E-state index in [0.29, 0.717) is 0 Å². The van der Waals surface area contributed by atoms with E-state index in [0.717, 1.165) is 59.1 Å². The molecular formula is C17H22ClN3O. The van der Waals surface area contributed by atoms with Gasteiger partial charge in [-0.05, 0) is 57.5 Å². The number of aromatic nitrogens is 2. The minimum Gasteiger partial charge on any atom is -0.489 e. The van der Waals surface area contributed by atoms with Gasteiger partial charge < -0.3 is 10.1 Å². The first-order valence-corrected chi connectivity index (χ1v) is 8.10. The van der Waals surface area contributed by atoms with Crippen molar-refractivity contribution in [2.75, 3.05) is 13.1 Å². The molecule has 3 rings (SSSR count). The molecular weight excluding hydrogens is 298 g/mol. The van der Waals surface area contributed by atoms with Crippen LogP contribution in [-0.4, -0.2) is 29.0 Å². The molecule has 4 nitrogen and oxygen atoms in total. The summed E-state index contributed by atoms with van der Waals surface area (Å²) >= 11 is 6.28. The first-order valence-electron chi connectivity index (χ1n) is 7.72. The highest BCUT2D eigenvalue weighted by atomic mass is 35.5. The van der Waals surface area contributed by atoms with Crippen LogP contribution in [0.15, 0.2) is 18.3 Å². The molecule has 1 N–H and O–H groups in total. The molecule has 0 atom stereocenters. The number of aryl methyl sites for hydroxylation is 2. The Hall–Kier alpha value is -1.52. The second-order valence-corrected chi connectivity index (χ2v) is 6.37. The van der Waals surface area contributed by atoms with Crippen LogP contribution in [0.1, 0.15) is 24.1 Å². The van der Waals surface area contributed by atoms with E-state index in [1.54, 1.807) is 0 Å². The molecule has 1 aliphatic heterocycles. The molecule has 0 radical (unpaired) electrons. The quantitative estimate of drug-likeness (QED) is 0.941.